The summed E-state index contributed by atoms with van der Waals surface area (Å²) >= 11 is 0. The average molecular weight is 147 g/mol. The Balaban J connectivity index is 2.94. The molecule has 1 aromatic rings. The molecule has 11 heavy (non-hydrogen) atoms. The molecule has 1 heterocycles. The zero-order chi connectivity index (χ0) is 8.10. The molecule has 0 aliphatic rings. The van der Waals surface area contributed by atoms with Crippen LogP contribution in [-0.2, 0) is 0 Å². The Morgan fingerprint density at radius 1 is 1.64 bits per heavy atom. The molecule has 3 nitrogen and oxygen atoms in total. The van der Waals surface area contributed by atoms with E-state index >= 15 is 0 Å². The molecule has 0 unspecified atom stereocenters. The predicted molar refractivity (Wildman–Crippen MR) is 46.1 cm³/mol. The zero-order valence-corrected chi connectivity index (χ0v) is 6.36. The zero-order valence-electron chi connectivity index (χ0n) is 6.36. The van der Waals surface area contributed by atoms with Gasteiger partial charge in [0.15, 0.2) is 0 Å². The van der Waals surface area contributed by atoms with Gasteiger partial charge in [0.1, 0.15) is 0 Å². The Bertz CT molecular complexity index is 278. The Morgan fingerprint density at radius 3 is 3.09 bits per heavy atom. The summed E-state index contributed by atoms with van der Waals surface area (Å²) in [5.41, 5.74) is 1.92. The largest absolute Gasteiger partial charge is 0.255 e. The van der Waals surface area contributed by atoms with Gasteiger partial charge in [0, 0.05) is 12.9 Å². The molecule has 0 aliphatic heterocycles. The molecule has 56 valence electrons. The van der Waals surface area contributed by atoms with Gasteiger partial charge in [0.25, 0.3) is 0 Å². The van der Waals surface area contributed by atoms with Crippen molar-refractivity contribution in [1.29, 1.82) is 0 Å². The van der Waals surface area contributed by atoms with Crippen molar-refractivity contribution in [3.05, 3.63) is 29.6 Å². The molecule has 0 saturated carbocycles. The van der Waals surface area contributed by atoms with Crippen molar-refractivity contribution >= 4 is 12.9 Å². The molecule has 1 rings (SSSR count). The molecule has 3 heteroatoms. The van der Waals surface area contributed by atoms with Gasteiger partial charge in [-0.3, -0.25) is 4.98 Å². The fourth-order valence-electron chi connectivity index (χ4n) is 0.729. The lowest BCUT2D eigenvalue weighted by Crippen LogP contribution is -1.89. The molecule has 1 aromatic heterocycles. The van der Waals surface area contributed by atoms with Crippen LogP contribution in [0.3, 0.4) is 0 Å². The van der Waals surface area contributed by atoms with Gasteiger partial charge < -0.3 is 0 Å². The van der Waals surface area contributed by atoms with Crippen molar-refractivity contribution < 1.29 is 0 Å². The summed E-state index contributed by atoms with van der Waals surface area (Å²) in [5, 5.41) is 6.98. The summed E-state index contributed by atoms with van der Waals surface area (Å²) in [6.07, 6.45) is 3.31. The number of hydrogen-bond donors (Lipinski definition) is 0. The predicted octanol–water partition coefficient (Wildman–Crippen LogP) is 1.42. The molecular weight excluding hydrogens is 138 g/mol. The summed E-state index contributed by atoms with van der Waals surface area (Å²) in [5.74, 6) is 0. The van der Waals surface area contributed by atoms with Crippen LogP contribution in [0.5, 0.6) is 0 Å². The summed E-state index contributed by atoms with van der Waals surface area (Å²) < 4.78 is 0. The first kappa shape index (κ1) is 7.60. The van der Waals surface area contributed by atoms with Crippen LogP contribution >= 0.6 is 0 Å². The Kier molecular flexibility index (Phi) is 2.49. The van der Waals surface area contributed by atoms with E-state index in [0.717, 1.165) is 11.3 Å². The Hall–Kier alpha value is -1.51. The Morgan fingerprint density at radius 2 is 2.45 bits per heavy atom. The number of pyridine rings is 1. The number of rotatable bonds is 2. The van der Waals surface area contributed by atoms with Gasteiger partial charge in [-0.25, -0.2) is 0 Å². The number of aromatic nitrogens is 1. The minimum atomic E-state index is 0.833. The monoisotopic (exact) mass is 147 g/mol. The highest BCUT2D eigenvalue weighted by molar-refractivity contribution is 5.78. The van der Waals surface area contributed by atoms with Crippen LogP contribution in [0.2, 0.25) is 0 Å². The molecule has 0 amide bonds. The van der Waals surface area contributed by atoms with Crippen LogP contribution in [0.25, 0.3) is 0 Å². The molecule has 0 N–H and O–H groups in total. The van der Waals surface area contributed by atoms with E-state index in [0.29, 0.717) is 0 Å². The first-order chi connectivity index (χ1) is 5.34. The van der Waals surface area contributed by atoms with Gasteiger partial charge in [-0.2, -0.15) is 10.2 Å². The minimum Gasteiger partial charge on any atom is -0.255 e. The van der Waals surface area contributed by atoms with E-state index in [1.54, 1.807) is 12.4 Å². The lowest BCUT2D eigenvalue weighted by atomic mass is 10.2. The summed E-state index contributed by atoms with van der Waals surface area (Å²) in [6, 6.07) is 3.85. The van der Waals surface area contributed by atoms with Crippen LogP contribution < -0.4 is 0 Å². The fourth-order valence-corrected chi connectivity index (χ4v) is 0.729. The van der Waals surface area contributed by atoms with Crippen LogP contribution in [0.15, 0.2) is 28.5 Å². The molecular formula is C8H9N3. The topological polar surface area (TPSA) is 37.6 Å². The third-order valence-corrected chi connectivity index (χ3v) is 1.31. The van der Waals surface area contributed by atoms with Crippen LogP contribution in [0.1, 0.15) is 11.3 Å². The molecule has 0 aromatic carbocycles. The highest BCUT2D eigenvalue weighted by Gasteiger charge is 1.91. The summed E-state index contributed by atoms with van der Waals surface area (Å²) in [7, 11) is 0. The maximum Gasteiger partial charge on any atom is 0.0860 e. The van der Waals surface area contributed by atoms with E-state index < -0.39 is 0 Å². The second kappa shape index (κ2) is 3.61. The van der Waals surface area contributed by atoms with Gasteiger partial charge in [-0.15, -0.1) is 0 Å². The van der Waals surface area contributed by atoms with Crippen molar-refractivity contribution in [3.63, 3.8) is 0 Å². The van der Waals surface area contributed by atoms with E-state index in [2.05, 4.69) is 21.9 Å². The van der Waals surface area contributed by atoms with Gasteiger partial charge in [-0.1, -0.05) is 6.07 Å². The molecule has 0 radical (unpaired) electrons. The first-order valence-electron chi connectivity index (χ1n) is 3.25. The fraction of sp³-hybridized carbons (Fsp3) is 0.125. The van der Waals surface area contributed by atoms with E-state index in [4.69, 9.17) is 0 Å². The SMILES string of the molecule is C=N/N=C\c1ncccc1C. The third kappa shape index (κ3) is 1.97. The molecule has 0 atom stereocenters. The normalized spacial score (nSPS) is 10.3. The molecule has 0 spiro atoms. The van der Waals surface area contributed by atoms with Gasteiger partial charge in [0.2, 0.25) is 0 Å². The molecule has 0 aliphatic carbocycles. The maximum absolute atomic E-state index is 4.08. The van der Waals surface area contributed by atoms with Crippen LogP contribution in [0.4, 0.5) is 0 Å². The van der Waals surface area contributed by atoms with E-state index in [1.807, 2.05) is 19.1 Å². The third-order valence-electron chi connectivity index (χ3n) is 1.31. The lowest BCUT2D eigenvalue weighted by Gasteiger charge is -1.93. The summed E-state index contributed by atoms with van der Waals surface area (Å²) in [4.78, 5) is 4.08. The van der Waals surface area contributed by atoms with Crippen LogP contribution in [-0.4, -0.2) is 17.9 Å². The first-order valence-corrected chi connectivity index (χ1v) is 3.25. The molecule has 0 bridgehead atoms. The van der Waals surface area contributed by atoms with Gasteiger partial charge in [-0.05, 0) is 18.6 Å². The number of nitrogens with zero attached hydrogens (tertiary/aromatic N) is 3. The van der Waals surface area contributed by atoms with E-state index in [9.17, 15) is 0 Å². The minimum absolute atomic E-state index is 0.833. The second-order valence-corrected chi connectivity index (χ2v) is 2.09. The number of aryl methyl sites for hydroxylation is 1. The van der Waals surface area contributed by atoms with Crippen molar-refractivity contribution in [1.82, 2.24) is 4.98 Å². The smallest absolute Gasteiger partial charge is 0.0860 e. The highest BCUT2D eigenvalue weighted by atomic mass is 15.2. The maximum atomic E-state index is 4.08. The van der Waals surface area contributed by atoms with Gasteiger partial charge >= 0.3 is 0 Å². The second-order valence-electron chi connectivity index (χ2n) is 2.09. The van der Waals surface area contributed by atoms with E-state index in [-0.39, 0.29) is 0 Å². The van der Waals surface area contributed by atoms with Crippen molar-refractivity contribution in [2.45, 2.75) is 6.92 Å². The van der Waals surface area contributed by atoms with Crippen LogP contribution in [0, 0.1) is 6.92 Å². The summed E-state index contributed by atoms with van der Waals surface area (Å²) in [6.45, 7) is 5.20. The Labute approximate surface area is 65.5 Å². The van der Waals surface area contributed by atoms with Crippen molar-refractivity contribution in [2.75, 3.05) is 0 Å². The van der Waals surface area contributed by atoms with Gasteiger partial charge in [0.05, 0.1) is 11.9 Å². The molecule has 0 fully saturated rings. The molecule has 0 saturated heterocycles. The van der Waals surface area contributed by atoms with Crippen molar-refractivity contribution in [2.24, 2.45) is 10.2 Å². The van der Waals surface area contributed by atoms with E-state index in [1.165, 1.54) is 0 Å². The lowest BCUT2D eigenvalue weighted by molar-refractivity contribution is 1.21. The highest BCUT2D eigenvalue weighted by Crippen LogP contribution is 1.98. The standard InChI is InChI=1S/C8H9N3/c1-7-4-3-5-10-8(7)6-11-9-2/h3-6H,2H2,1H3/b11-6-. The van der Waals surface area contributed by atoms with Crippen molar-refractivity contribution in [3.8, 4) is 0 Å². The number of hydrogen-bond acceptors (Lipinski definition) is 3. The quantitative estimate of drug-likeness (QED) is 0.460. The average Bonchev–Trinajstić information content (AvgIpc) is 2.03.